The SMILES string of the molecule is c1ccc(-c2cccc(-c3cnc4oc5cnc(-c6ccc(-c7ccnc8c7ccc7cccnc78)cc6)nc5c4c3)c2)cc1. The summed E-state index contributed by atoms with van der Waals surface area (Å²) >= 11 is 0. The Balaban J connectivity index is 1.09. The molecule has 0 spiro atoms. The molecule has 210 valence electrons. The van der Waals surface area contributed by atoms with Crippen molar-refractivity contribution in [1.82, 2.24) is 24.9 Å². The van der Waals surface area contributed by atoms with Crippen molar-refractivity contribution in [2.45, 2.75) is 0 Å². The minimum Gasteiger partial charge on any atom is -0.434 e. The summed E-state index contributed by atoms with van der Waals surface area (Å²) in [4.78, 5) is 23.5. The maximum Gasteiger partial charge on any atom is 0.229 e. The lowest BCUT2D eigenvalue weighted by Gasteiger charge is -2.09. The van der Waals surface area contributed by atoms with Crippen LogP contribution in [0.3, 0.4) is 0 Å². The van der Waals surface area contributed by atoms with Gasteiger partial charge in [-0.15, -0.1) is 0 Å². The van der Waals surface area contributed by atoms with Crippen LogP contribution in [0.25, 0.3) is 88.8 Å². The van der Waals surface area contributed by atoms with E-state index < -0.39 is 0 Å². The van der Waals surface area contributed by atoms with E-state index in [-0.39, 0.29) is 0 Å². The second kappa shape index (κ2) is 10.2. The summed E-state index contributed by atoms with van der Waals surface area (Å²) in [5.74, 6) is 0.628. The Labute approximate surface area is 257 Å². The van der Waals surface area contributed by atoms with E-state index in [4.69, 9.17) is 9.40 Å². The molecule has 0 saturated carbocycles. The summed E-state index contributed by atoms with van der Waals surface area (Å²) in [6, 6.07) is 39.6. The van der Waals surface area contributed by atoms with Gasteiger partial charge in [0.2, 0.25) is 5.71 Å². The van der Waals surface area contributed by atoms with Crippen LogP contribution in [0, 0.1) is 0 Å². The number of rotatable bonds is 4. The van der Waals surface area contributed by atoms with Gasteiger partial charge in [0.25, 0.3) is 0 Å². The number of pyridine rings is 3. The Bertz CT molecular complexity index is 2540. The van der Waals surface area contributed by atoms with E-state index in [0.29, 0.717) is 17.1 Å². The molecule has 0 bridgehead atoms. The van der Waals surface area contributed by atoms with Crippen molar-refractivity contribution in [2.24, 2.45) is 0 Å². The van der Waals surface area contributed by atoms with Gasteiger partial charge in [-0.05, 0) is 52.1 Å². The van der Waals surface area contributed by atoms with Gasteiger partial charge in [-0.3, -0.25) is 9.97 Å². The largest absolute Gasteiger partial charge is 0.434 e. The summed E-state index contributed by atoms with van der Waals surface area (Å²) in [6.07, 6.45) is 7.24. The first-order valence-electron chi connectivity index (χ1n) is 14.7. The Morgan fingerprint density at radius 3 is 2.13 bits per heavy atom. The quantitative estimate of drug-likeness (QED) is 0.194. The Morgan fingerprint density at radius 2 is 1.24 bits per heavy atom. The molecule has 45 heavy (non-hydrogen) atoms. The van der Waals surface area contributed by atoms with E-state index in [0.717, 1.165) is 66.1 Å². The van der Waals surface area contributed by atoms with Crippen molar-refractivity contribution >= 4 is 44.0 Å². The van der Waals surface area contributed by atoms with Crippen LogP contribution >= 0.6 is 0 Å². The lowest BCUT2D eigenvalue weighted by molar-refractivity contribution is 0.651. The molecule has 0 saturated heterocycles. The van der Waals surface area contributed by atoms with Crippen LogP contribution in [0.1, 0.15) is 0 Å². The molecule has 0 aliphatic rings. The van der Waals surface area contributed by atoms with Gasteiger partial charge in [0, 0.05) is 40.5 Å². The maximum atomic E-state index is 6.03. The van der Waals surface area contributed by atoms with Crippen molar-refractivity contribution < 1.29 is 4.42 Å². The first-order valence-corrected chi connectivity index (χ1v) is 14.7. The first-order chi connectivity index (χ1) is 22.3. The highest BCUT2D eigenvalue weighted by Gasteiger charge is 2.15. The summed E-state index contributed by atoms with van der Waals surface area (Å²) in [5.41, 5.74) is 11.2. The topological polar surface area (TPSA) is 77.6 Å². The van der Waals surface area contributed by atoms with Gasteiger partial charge >= 0.3 is 0 Å². The van der Waals surface area contributed by atoms with Gasteiger partial charge in [0.15, 0.2) is 11.4 Å². The molecule has 5 aromatic heterocycles. The van der Waals surface area contributed by atoms with E-state index in [2.05, 4.69) is 117 Å². The standard InChI is InChI=1S/C39H23N5O/c1-2-6-24(7-3-1)28-8-4-9-29(20-28)30-21-33-36-34(45-39(33)43-22-30)23-42-38(44-36)27-13-11-25(12-14-27)31-17-19-41-37-32(31)16-15-26-10-5-18-40-35(26)37/h1-23H. The van der Waals surface area contributed by atoms with E-state index in [9.17, 15) is 0 Å². The van der Waals surface area contributed by atoms with Crippen LogP contribution < -0.4 is 0 Å². The molecular weight excluding hydrogens is 554 g/mol. The van der Waals surface area contributed by atoms with Gasteiger partial charge in [-0.1, -0.05) is 91.0 Å². The van der Waals surface area contributed by atoms with Crippen LogP contribution in [0.4, 0.5) is 0 Å². The van der Waals surface area contributed by atoms with Crippen molar-refractivity contribution in [2.75, 3.05) is 0 Å². The normalized spacial score (nSPS) is 11.6. The van der Waals surface area contributed by atoms with Gasteiger partial charge in [0.05, 0.1) is 22.6 Å². The molecule has 9 aromatic rings. The van der Waals surface area contributed by atoms with Crippen molar-refractivity contribution in [1.29, 1.82) is 0 Å². The van der Waals surface area contributed by atoms with Crippen LogP contribution in [0.5, 0.6) is 0 Å². The molecule has 4 aromatic carbocycles. The number of furan rings is 1. The van der Waals surface area contributed by atoms with E-state index in [1.54, 1.807) is 6.20 Å². The molecule has 5 heterocycles. The second-order valence-electron chi connectivity index (χ2n) is 11.0. The molecule has 6 nitrogen and oxygen atoms in total. The predicted octanol–water partition coefficient (Wildman–Crippen LogP) is 9.54. The monoisotopic (exact) mass is 577 g/mol. The highest BCUT2D eigenvalue weighted by molar-refractivity contribution is 6.08. The molecule has 0 atom stereocenters. The van der Waals surface area contributed by atoms with E-state index >= 15 is 0 Å². The first kappa shape index (κ1) is 25.2. The van der Waals surface area contributed by atoms with Gasteiger partial charge in [-0.2, -0.15) is 0 Å². The van der Waals surface area contributed by atoms with Crippen LogP contribution in [0.2, 0.25) is 0 Å². The number of fused-ring (bicyclic) bond motifs is 6. The van der Waals surface area contributed by atoms with Crippen LogP contribution in [0.15, 0.2) is 144 Å². The molecular formula is C39H23N5O. The lowest BCUT2D eigenvalue weighted by atomic mass is 9.99. The van der Waals surface area contributed by atoms with Gasteiger partial charge in [0.1, 0.15) is 5.52 Å². The molecule has 9 rings (SSSR count). The summed E-state index contributed by atoms with van der Waals surface area (Å²) in [7, 11) is 0. The molecule has 0 N–H and O–H groups in total. The van der Waals surface area contributed by atoms with Crippen molar-refractivity contribution in [3.63, 3.8) is 0 Å². The number of benzene rings is 4. The summed E-state index contributed by atoms with van der Waals surface area (Å²) < 4.78 is 6.03. The summed E-state index contributed by atoms with van der Waals surface area (Å²) in [6.45, 7) is 0. The highest BCUT2D eigenvalue weighted by atomic mass is 16.3. The number of hydrogen-bond donors (Lipinski definition) is 0. The Kier molecular flexibility index (Phi) is 5.71. The third kappa shape index (κ3) is 4.31. The zero-order valence-electron chi connectivity index (χ0n) is 23.9. The molecule has 6 heteroatoms. The molecule has 0 radical (unpaired) electrons. The fourth-order valence-electron chi connectivity index (χ4n) is 6.06. The van der Waals surface area contributed by atoms with E-state index in [1.165, 1.54) is 5.56 Å². The average molecular weight is 578 g/mol. The minimum absolute atomic E-state index is 0.543. The van der Waals surface area contributed by atoms with Crippen LogP contribution in [-0.2, 0) is 0 Å². The number of hydrogen-bond acceptors (Lipinski definition) is 6. The highest BCUT2D eigenvalue weighted by Crippen LogP contribution is 2.34. The number of nitrogens with zero attached hydrogens (tertiary/aromatic N) is 5. The average Bonchev–Trinajstić information content (AvgIpc) is 3.49. The molecule has 0 fully saturated rings. The lowest BCUT2D eigenvalue weighted by Crippen LogP contribution is -1.90. The predicted molar refractivity (Wildman–Crippen MR) is 179 cm³/mol. The minimum atomic E-state index is 0.543. The van der Waals surface area contributed by atoms with Gasteiger partial charge in [-0.25, -0.2) is 15.0 Å². The van der Waals surface area contributed by atoms with Gasteiger partial charge < -0.3 is 4.42 Å². The molecule has 0 aliphatic carbocycles. The summed E-state index contributed by atoms with van der Waals surface area (Å²) in [5, 5.41) is 3.00. The fourth-order valence-corrected chi connectivity index (χ4v) is 6.06. The third-order valence-corrected chi connectivity index (χ3v) is 8.31. The van der Waals surface area contributed by atoms with Crippen molar-refractivity contribution in [3.05, 3.63) is 140 Å². The third-order valence-electron chi connectivity index (χ3n) is 8.31. The zero-order chi connectivity index (χ0) is 29.7. The van der Waals surface area contributed by atoms with Crippen LogP contribution in [-0.4, -0.2) is 24.9 Å². The van der Waals surface area contributed by atoms with E-state index in [1.807, 2.05) is 36.8 Å². The molecule has 0 unspecified atom stereocenters. The number of aromatic nitrogens is 5. The molecule has 0 amide bonds. The maximum absolute atomic E-state index is 6.03. The molecule has 0 aliphatic heterocycles. The Hall–Kier alpha value is -6.27. The van der Waals surface area contributed by atoms with Crippen molar-refractivity contribution in [3.8, 4) is 44.8 Å². The zero-order valence-corrected chi connectivity index (χ0v) is 23.9. The Morgan fingerprint density at radius 1 is 0.444 bits per heavy atom. The second-order valence-corrected chi connectivity index (χ2v) is 11.0. The smallest absolute Gasteiger partial charge is 0.229 e. The fraction of sp³-hybridized carbons (Fsp3) is 0.